The molecular weight excluding hydrogens is 355 g/mol. The number of hydrogen-bond donors (Lipinski definition) is 1. The molecule has 3 rings (SSSR count). The van der Waals surface area contributed by atoms with Crippen molar-refractivity contribution < 1.29 is 14.2 Å². The lowest BCUT2D eigenvalue weighted by Crippen LogP contribution is -2.49. The first-order chi connectivity index (χ1) is 13.6. The normalized spacial score (nSPS) is 17.4. The average Bonchev–Trinajstić information content (AvgIpc) is 2.73. The Bertz CT molecular complexity index is 730. The SMILES string of the molecule is CC[C@@H](C)c1ccccc1OC[C@@H](O)CN1CCN(c2ccc(F)cc2)CC1. The van der Waals surface area contributed by atoms with Crippen LogP contribution in [0.25, 0.3) is 0 Å². The largest absolute Gasteiger partial charge is 0.491 e. The van der Waals surface area contributed by atoms with Crippen LogP contribution in [0.5, 0.6) is 5.75 Å². The van der Waals surface area contributed by atoms with E-state index in [0.717, 1.165) is 44.0 Å². The van der Waals surface area contributed by atoms with Gasteiger partial charge in [-0.3, -0.25) is 4.90 Å². The molecule has 1 saturated heterocycles. The first-order valence-electron chi connectivity index (χ1n) is 10.2. The van der Waals surface area contributed by atoms with Crippen molar-refractivity contribution in [2.75, 3.05) is 44.2 Å². The highest BCUT2D eigenvalue weighted by molar-refractivity contribution is 5.46. The van der Waals surface area contributed by atoms with E-state index < -0.39 is 6.10 Å². The van der Waals surface area contributed by atoms with Crippen molar-refractivity contribution in [3.8, 4) is 5.75 Å². The van der Waals surface area contributed by atoms with Crippen molar-refractivity contribution in [3.63, 3.8) is 0 Å². The van der Waals surface area contributed by atoms with Crippen molar-refractivity contribution in [2.24, 2.45) is 0 Å². The zero-order valence-corrected chi connectivity index (χ0v) is 16.9. The van der Waals surface area contributed by atoms with Crippen LogP contribution in [0.2, 0.25) is 0 Å². The van der Waals surface area contributed by atoms with Crippen LogP contribution < -0.4 is 9.64 Å². The van der Waals surface area contributed by atoms with Crippen LogP contribution in [0.4, 0.5) is 10.1 Å². The van der Waals surface area contributed by atoms with Crippen LogP contribution in [-0.4, -0.2) is 55.4 Å². The second-order valence-electron chi connectivity index (χ2n) is 7.58. The lowest BCUT2D eigenvalue weighted by molar-refractivity contribution is 0.0658. The third-order valence-electron chi connectivity index (χ3n) is 5.53. The minimum Gasteiger partial charge on any atom is -0.491 e. The summed E-state index contributed by atoms with van der Waals surface area (Å²) in [7, 11) is 0. The minimum atomic E-state index is -0.526. The van der Waals surface area contributed by atoms with Gasteiger partial charge in [-0.15, -0.1) is 0 Å². The van der Waals surface area contributed by atoms with Gasteiger partial charge in [0, 0.05) is 38.4 Å². The van der Waals surface area contributed by atoms with E-state index in [9.17, 15) is 9.50 Å². The molecule has 4 nitrogen and oxygen atoms in total. The summed E-state index contributed by atoms with van der Waals surface area (Å²) >= 11 is 0. The number of aliphatic hydroxyl groups is 1. The summed E-state index contributed by atoms with van der Waals surface area (Å²) < 4.78 is 19.0. The van der Waals surface area contributed by atoms with Crippen molar-refractivity contribution in [2.45, 2.75) is 32.3 Å². The molecule has 1 N–H and O–H groups in total. The number of halogens is 1. The average molecular weight is 387 g/mol. The molecule has 1 heterocycles. The molecule has 0 aliphatic carbocycles. The Kier molecular flexibility index (Phi) is 7.29. The highest BCUT2D eigenvalue weighted by atomic mass is 19.1. The fraction of sp³-hybridized carbons (Fsp3) is 0.478. The fourth-order valence-corrected chi connectivity index (χ4v) is 3.62. The van der Waals surface area contributed by atoms with Gasteiger partial charge in [-0.25, -0.2) is 4.39 Å². The fourth-order valence-electron chi connectivity index (χ4n) is 3.62. The van der Waals surface area contributed by atoms with E-state index in [1.165, 1.54) is 17.7 Å². The molecule has 0 bridgehead atoms. The number of rotatable bonds is 8. The van der Waals surface area contributed by atoms with E-state index in [1.54, 1.807) is 0 Å². The number of hydrogen-bond acceptors (Lipinski definition) is 4. The summed E-state index contributed by atoms with van der Waals surface area (Å²) in [6, 6.07) is 14.7. The van der Waals surface area contributed by atoms with Crippen molar-refractivity contribution in [3.05, 3.63) is 59.9 Å². The molecule has 0 radical (unpaired) electrons. The molecule has 28 heavy (non-hydrogen) atoms. The molecular formula is C23H31FN2O2. The molecule has 0 aromatic heterocycles. The minimum absolute atomic E-state index is 0.208. The highest BCUT2D eigenvalue weighted by Gasteiger charge is 2.20. The van der Waals surface area contributed by atoms with E-state index in [0.29, 0.717) is 19.1 Å². The Morgan fingerprint density at radius 1 is 1.04 bits per heavy atom. The Labute approximate surface area is 167 Å². The zero-order chi connectivity index (χ0) is 19.9. The van der Waals surface area contributed by atoms with Crippen LogP contribution in [0.3, 0.4) is 0 Å². The zero-order valence-electron chi connectivity index (χ0n) is 16.9. The first kappa shape index (κ1) is 20.6. The van der Waals surface area contributed by atoms with E-state index >= 15 is 0 Å². The van der Waals surface area contributed by atoms with Gasteiger partial charge in [0.1, 0.15) is 24.3 Å². The lowest BCUT2D eigenvalue weighted by Gasteiger charge is -2.36. The van der Waals surface area contributed by atoms with Crippen molar-refractivity contribution in [1.29, 1.82) is 0 Å². The summed E-state index contributed by atoms with van der Waals surface area (Å²) in [6.07, 6.45) is 0.531. The molecule has 152 valence electrons. The van der Waals surface area contributed by atoms with E-state index in [1.807, 2.05) is 30.3 Å². The number of β-amino-alcohol motifs (C(OH)–C–C–N with tert-alkyl or cyclic N) is 1. The lowest BCUT2D eigenvalue weighted by atomic mass is 9.98. The van der Waals surface area contributed by atoms with E-state index in [4.69, 9.17) is 4.74 Å². The molecule has 0 amide bonds. The first-order valence-corrected chi connectivity index (χ1v) is 10.2. The molecule has 1 aliphatic rings. The van der Waals surface area contributed by atoms with Crippen LogP contribution >= 0.6 is 0 Å². The number of ether oxygens (including phenoxy) is 1. The Morgan fingerprint density at radius 3 is 2.39 bits per heavy atom. The van der Waals surface area contributed by atoms with Crippen LogP contribution in [0.1, 0.15) is 31.7 Å². The topological polar surface area (TPSA) is 35.9 Å². The van der Waals surface area contributed by atoms with Gasteiger partial charge in [0.2, 0.25) is 0 Å². The van der Waals surface area contributed by atoms with Gasteiger partial charge in [-0.1, -0.05) is 32.0 Å². The number of benzene rings is 2. The van der Waals surface area contributed by atoms with Gasteiger partial charge in [0.15, 0.2) is 0 Å². The second kappa shape index (κ2) is 9.89. The maximum absolute atomic E-state index is 13.1. The van der Waals surface area contributed by atoms with Gasteiger partial charge in [0.25, 0.3) is 0 Å². The second-order valence-corrected chi connectivity index (χ2v) is 7.58. The molecule has 2 aromatic rings. The van der Waals surface area contributed by atoms with Gasteiger partial charge in [-0.2, -0.15) is 0 Å². The smallest absolute Gasteiger partial charge is 0.123 e. The van der Waals surface area contributed by atoms with Gasteiger partial charge >= 0.3 is 0 Å². The number of anilines is 1. The van der Waals surface area contributed by atoms with E-state index in [-0.39, 0.29) is 5.82 Å². The number of nitrogens with zero attached hydrogens (tertiary/aromatic N) is 2. The Hall–Kier alpha value is -2.11. The van der Waals surface area contributed by atoms with Gasteiger partial charge < -0.3 is 14.7 Å². The van der Waals surface area contributed by atoms with Gasteiger partial charge in [-0.05, 0) is 48.2 Å². The Balaban J connectivity index is 1.45. The van der Waals surface area contributed by atoms with Crippen molar-refractivity contribution >= 4 is 5.69 Å². The molecule has 0 unspecified atom stereocenters. The third-order valence-corrected chi connectivity index (χ3v) is 5.53. The number of aliphatic hydroxyl groups excluding tert-OH is 1. The number of para-hydroxylation sites is 1. The molecule has 2 aromatic carbocycles. The summed E-state index contributed by atoms with van der Waals surface area (Å²) in [5, 5.41) is 10.4. The van der Waals surface area contributed by atoms with Crippen molar-refractivity contribution in [1.82, 2.24) is 4.90 Å². The summed E-state index contributed by atoms with van der Waals surface area (Å²) in [5.74, 6) is 1.10. The molecule has 0 spiro atoms. The van der Waals surface area contributed by atoms with E-state index in [2.05, 4.69) is 29.7 Å². The quantitative estimate of drug-likeness (QED) is 0.746. The molecule has 2 atom stereocenters. The number of piperazine rings is 1. The van der Waals surface area contributed by atoms with Crippen LogP contribution in [0, 0.1) is 5.82 Å². The summed E-state index contributed by atoms with van der Waals surface area (Å²) in [6.45, 7) is 8.75. The predicted molar refractivity (Wildman–Crippen MR) is 112 cm³/mol. The maximum Gasteiger partial charge on any atom is 0.123 e. The predicted octanol–water partition coefficient (Wildman–Crippen LogP) is 3.90. The third kappa shape index (κ3) is 5.46. The monoisotopic (exact) mass is 386 g/mol. The molecule has 1 aliphatic heterocycles. The molecule has 5 heteroatoms. The summed E-state index contributed by atoms with van der Waals surface area (Å²) in [4.78, 5) is 4.51. The molecule has 0 saturated carbocycles. The standard InChI is InChI=1S/C23H31FN2O2/c1-3-18(2)22-6-4-5-7-23(22)28-17-21(27)16-25-12-14-26(15-13-25)20-10-8-19(24)9-11-20/h4-11,18,21,27H,3,12-17H2,1-2H3/t18-,21+/m1/s1. The maximum atomic E-state index is 13.1. The highest BCUT2D eigenvalue weighted by Crippen LogP contribution is 2.28. The molecule has 1 fully saturated rings. The van der Waals surface area contributed by atoms with Crippen LogP contribution in [-0.2, 0) is 0 Å². The Morgan fingerprint density at radius 2 is 1.71 bits per heavy atom. The summed E-state index contributed by atoms with van der Waals surface area (Å²) in [5.41, 5.74) is 2.25. The van der Waals surface area contributed by atoms with Gasteiger partial charge in [0.05, 0.1) is 0 Å². The van der Waals surface area contributed by atoms with Crippen LogP contribution in [0.15, 0.2) is 48.5 Å².